The fraction of sp³-hybridized carbons (Fsp3) is 0.625. The summed E-state index contributed by atoms with van der Waals surface area (Å²) in [6, 6.07) is 0. The lowest BCUT2D eigenvalue weighted by atomic mass is 10.3. The lowest BCUT2D eigenvalue weighted by Crippen LogP contribution is -2.24. The van der Waals surface area contributed by atoms with Crippen molar-refractivity contribution in [2.75, 3.05) is 6.61 Å². The van der Waals surface area contributed by atoms with Crippen molar-refractivity contribution in [3.8, 4) is 0 Å². The second kappa shape index (κ2) is 7.66. The van der Waals surface area contributed by atoms with Gasteiger partial charge in [-0.3, -0.25) is 14.4 Å². The van der Waals surface area contributed by atoms with Gasteiger partial charge in [0.2, 0.25) is 5.78 Å². The van der Waals surface area contributed by atoms with Gasteiger partial charge >= 0.3 is 18.1 Å². The molecule has 0 amide bonds. The normalized spacial score (nSPS) is 9.81. The minimum absolute atomic E-state index is 0.211. The maximum Gasteiger partial charge on any atom is 0.450 e. The SMILES string of the molecule is CCOC(C)=O.O=C(O)CC(=O)C(F)(F)F. The van der Waals surface area contributed by atoms with Crippen molar-refractivity contribution >= 4 is 17.7 Å². The molecule has 16 heavy (non-hydrogen) atoms. The Labute approximate surface area is 89.2 Å². The molecule has 0 aromatic carbocycles. The molecule has 0 radical (unpaired) electrons. The van der Waals surface area contributed by atoms with Crippen LogP contribution in [-0.4, -0.2) is 35.6 Å². The predicted molar refractivity (Wildman–Crippen MR) is 45.6 cm³/mol. The number of Topliss-reactive ketones (excluding diaryl/α,β-unsaturated/α-hetero) is 1. The Hall–Kier alpha value is -1.60. The molecule has 0 saturated carbocycles. The highest BCUT2D eigenvalue weighted by molar-refractivity contribution is 5.97. The molecule has 0 aromatic heterocycles. The van der Waals surface area contributed by atoms with E-state index in [4.69, 9.17) is 5.11 Å². The number of hydrogen-bond acceptors (Lipinski definition) is 4. The monoisotopic (exact) mass is 244 g/mol. The van der Waals surface area contributed by atoms with Gasteiger partial charge in [-0.1, -0.05) is 0 Å². The number of ether oxygens (including phenoxy) is 1. The van der Waals surface area contributed by atoms with Crippen molar-refractivity contribution in [1.82, 2.24) is 0 Å². The van der Waals surface area contributed by atoms with Gasteiger partial charge in [0, 0.05) is 6.92 Å². The molecular formula is C8H11F3O5. The molecule has 1 N–H and O–H groups in total. The topological polar surface area (TPSA) is 80.7 Å². The van der Waals surface area contributed by atoms with Crippen LogP contribution in [-0.2, 0) is 19.1 Å². The summed E-state index contributed by atoms with van der Waals surface area (Å²) in [6.07, 6.45) is -6.53. The standard InChI is InChI=1S/C4H3F3O3.C4H8O2/c5-4(6,7)2(8)1-3(9)10;1-3-6-4(2)5/h1H2,(H,9,10);3H2,1-2H3. The van der Waals surface area contributed by atoms with E-state index in [-0.39, 0.29) is 5.97 Å². The second-order valence-electron chi connectivity index (χ2n) is 2.42. The summed E-state index contributed by atoms with van der Waals surface area (Å²) in [5.41, 5.74) is 0. The van der Waals surface area contributed by atoms with Gasteiger partial charge in [-0.15, -0.1) is 0 Å². The van der Waals surface area contributed by atoms with Gasteiger partial charge in [0.25, 0.3) is 0 Å². The molecule has 0 aliphatic heterocycles. The number of ketones is 1. The Morgan fingerprint density at radius 2 is 1.69 bits per heavy atom. The quantitative estimate of drug-likeness (QED) is 0.595. The highest BCUT2D eigenvalue weighted by atomic mass is 19.4. The van der Waals surface area contributed by atoms with E-state index in [0.717, 1.165) is 0 Å². The third-order valence-corrected chi connectivity index (χ3v) is 0.976. The Morgan fingerprint density at radius 1 is 1.25 bits per heavy atom. The lowest BCUT2D eigenvalue weighted by molar-refractivity contribution is -0.173. The van der Waals surface area contributed by atoms with Crippen LogP contribution in [0.3, 0.4) is 0 Å². The van der Waals surface area contributed by atoms with Gasteiger partial charge in [-0.25, -0.2) is 0 Å². The Kier molecular flexibility index (Phi) is 8.05. The van der Waals surface area contributed by atoms with Crippen LogP contribution >= 0.6 is 0 Å². The summed E-state index contributed by atoms with van der Waals surface area (Å²) >= 11 is 0. The average molecular weight is 244 g/mol. The first-order valence-electron chi connectivity index (χ1n) is 4.06. The van der Waals surface area contributed by atoms with E-state index < -0.39 is 24.3 Å². The van der Waals surface area contributed by atoms with Crippen molar-refractivity contribution < 1.29 is 37.4 Å². The number of carbonyl (C=O) groups is 3. The summed E-state index contributed by atoms with van der Waals surface area (Å²) < 4.78 is 38.0. The smallest absolute Gasteiger partial charge is 0.450 e. The van der Waals surface area contributed by atoms with E-state index >= 15 is 0 Å². The Morgan fingerprint density at radius 3 is 1.75 bits per heavy atom. The third kappa shape index (κ3) is 12.4. The van der Waals surface area contributed by atoms with Gasteiger partial charge in [-0.05, 0) is 6.92 Å². The van der Waals surface area contributed by atoms with Crippen LogP contribution in [0.1, 0.15) is 20.3 Å². The molecular weight excluding hydrogens is 233 g/mol. The number of aliphatic carboxylic acids is 1. The van der Waals surface area contributed by atoms with Crippen molar-refractivity contribution in [3.63, 3.8) is 0 Å². The third-order valence-electron chi connectivity index (χ3n) is 0.976. The van der Waals surface area contributed by atoms with Crippen LogP contribution in [0.25, 0.3) is 0 Å². The number of alkyl halides is 3. The van der Waals surface area contributed by atoms with Gasteiger partial charge in [0.1, 0.15) is 6.42 Å². The van der Waals surface area contributed by atoms with Crippen molar-refractivity contribution in [2.45, 2.75) is 26.4 Å². The molecule has 94 valence electrons. The van der Waals surface area contributed by atoms with E-state index in [9.17, 15) is 27.6 Å². The molecule has 0 spiro atoms. The van der Waals surface area contributed by atoms with Gasteiger partial charge < -0.3 is 9.84 Å². The number of hydrogen-bond donors (Lipinski definition) is 1. The number of rotatable bonds is 3. The molecule has 0 aromatic rings. The molecule has 0 fully saturated rings. The summed E-state index contributed by atoms with van der Waals surface area (Å²) in [5, 5.41) is 7.73. The molecule has 0 rings (SSSR count). The summed E-state index contributed by atoms with van der Waals surface area (Å²) in [7, 11) is 0. The molecule has 5 nitrogen and oxygen atoms in total. The molecule has 0 heterocycles. The van der Waals surface area contributed by atoms with E-state index in [1.165, 1.54) is 6.92 Å². The Bertz CT molecular complexity index is 259. The van der Waals surface area contributed by atoms with E-state index in [1.54, 1.807) is 6.92 Å². The van der Waals surface area contributed by atoms with Crippen LogP contribution < -0.4 is 0 Å². The summed E-state index contributed by atoms with van der Waals surface area (Å²) in [4.78, 5) is 29.1. The number of halogens is 3. The fourth-order valence-electron chi connectivity index (χ4n) is 0.441. The van der Waals surface area contributed by atoms with Crippen molar-refractivity contribution in [2.24, 2.45) is 0 Å². The second-order valence-corrected chi connectivity index (χ2v) is 2.42. The van der Waals surface area contributed by atoms with Crippen LogP contribution in [0.5, 0.6) is 0 Å². The number of carboxylic acid groups (broad SMARTS) is 1. The van der Waals surface area contributed by atoms with Gasteiger partial charge in [0.15, 0.2) is 0 Å². The minimum Gasteiger partial charge on any atom is -0.481 e. The molecule has 0 aliphatic rings. The fourth-order valence-corrected chi connectivity index (χ4v) is 0.441. The van der Waals surface area contributed by atoms with Crippen molar-refractivity contribution in [3.05, 3.63) is 0 Å². The van der Waals surface area contributed by atoms with Crippen LogP contribution in [0.4, 0.5) is 13.2 Å². The molecule has 0 saturated heterocycles. The predicted octanol–water partition coefficient (Wildman–Crippen LogP) is 1.16. The first-order valence-corrected chi connectivity index (χ1v) is 4.06. The highest BCUT2D eigenvalue weighted by Crippen LogP contribution is 2.17. The Balaban J connectivity index is 0. The van der Waals surface area contributed by atoms with Gasteiger partial charge in [-0.2, -0.15) is 13.2 Å². The summed E-state index contributed by atoms with van der Waals surface area (Å²) in [5.74, 6) is -4.22. The first kappa shape index (κ1) is 16.8. The summed E-state index contributed by atoms with van der Waals surface area (Å²) in [6.45, 7) is 3.65. The van der Waals surface area contributed by atoms with Gasteiger partial charge in [0.05, 0.1) is 6.61 Å². The minimum atomic E-state index is -5.03. The van der Waals surface area contributed by atoms with Crippen LogP contribution in [0.2, 0.25) is 0 Å². The first-order chi connectivity index (χ1) is 7.11. The van der Waals surface area contributed by atoms with Crippen LogP contribution in [0.15, 0.2) is 0 Å². The van der Waals surface area contributed by atoms with E-state index in [1.807, 2.05) is 0 Å². The largest absolute Gasteiger partial charge is 0.481 e. The molecule has 8 heteroatoms. The zero-order chi connectivity index (χ0) is 13.4. The molecule has 0 unspecified atom stereocenters. The zero-order valence-corrected chi connectivity index (χ0v) is 8.63. The van der Waals surface area contributed by atoms with E-state index in [2.05, 4.69) is 4.74 Å². The molecule has 0 atom stereocenters. The number of carboxylic acids is 1. The zero-order valence-electron chi connectivity index (χ0n) is 8.63. The van der Waals surface area contributed by atoms with Crippen molar-refractivity contribution in [1.29, 1.82) is 0 Å². The van der Waals surface area contributed by atoms with Crippen LogP contribution in [0, 0.1) is 0 Å². The van der Waals surface area contributed by atoms with E-state index in [0.29, 0.717) is 6.61 Å². The average Bonchev–Trinajstić information content (AvgIpc) is 2.01. The maximum absolute atomic E-state index is 11.2. The molecule has 0 bridgehead atoms. The number of carbonyl (C=O) groups excluding carboxylic acids is 2. The molecule has 0 aliphatic carbocycles. The lowest BCUT2D eigenvalue weighted by Gasteiger charge is -2.00. The highest BCUT2D eigenvalue weighted by Gasteiger charge is 2.39. The maximum atomic E-state index is 11.2. The number of esters is 1.